The quantitative estimate of drug-likeness (QED) is 0.292. The van der Waals surface area contributed by atoms with Crippen molar-refractivity contribution in [3.63, 3.8) is 0 Å². The monoisotopic (exact) mass is 469 g/mol. The number of ketones is 1. The van der Waals surface area contributed by atoms with Crippen LogP contribution in [0.1, 0.15) is 22.7 Å². The Kier molecular flexibility index (Phi) is 6.31. The molecule has 1 saturated heterocycles. The maximum atomic E-state index is 13.2. The number of carbonyl (C=O) groups excluding carboxylic acids is 2. The summed E-state index contributed by atoms with van der Waals surface area (Å²) in [5.74, 6) is -2.14. The van der Waals surface area contributed by atoms with E-state index < -0.39 is 17.7 Å². The summed E-state index contributed by atoms with van der Waals surface area (Å²) in [4.78, 5) is 27.4. The molecule has 162 valence electrons. The zero-order chi connectivity index (χ0) is 22.8. The van der Waals surface area contributed by atoms with Gasteiger partial charge in [0.2, 0.25) is 0 Å². The number of aliphatic hydroxyl groups excluding tert-OH is 1. The minimum absolute atomic E-state index is 0.0151. The van der Waals surface area contributed by atoms with Crippen molar-refractivity contribution < 1.29 is 19.1 Å². The van der Waals surface area contributed by atoms with Crippen LogP contribution in [0.4, 0.5) is 4.39 Å². The molecule has 32 heavy (non-hydrogen) atoms. The van der Waals surface area contributed by atoms with Crippen LogP contribution >= 0.6 is 23.2 Å². The standard InChI is InChI=1S/C25H18Cl2FNO3/c26-18-8-6-16(7-9-18)22-21(23(30)17-2-1-3-19(27)14-17)24(31)25(32)29(22)13-12-15-4-10-20(28)11-5-15/h1-11,14,22,30H,12-13H2/b23-21-. The van der Waals surface area contributed by atoms with Crippen molar-refractivity contribution in [2.24, 2.45) is 0 Å². The Hall–Kier alpha value is -3.15. The maximum absolute atomic E-state index is 13.2. The van der Waals surface area contributed by atoms with E-state index >= 15 is 0 Å². The minimum atomic E-state index is -0.799. The van der Waals surface area contributed by atoms with Gasteiger partial charge in [0.05, 0.1) is 11.6 Å². The van der Waals surface area contributed by atoms with Gasteiger partial charge in [-0.05, 0) is 53.9 Å². The fourth-order valence-electron chi connectivity index (χ4n) is 3.79. The molecule has 1 heterocycles. The van der Waals surface area contributed by atoms with Crippen molar-refractivity contribution in [3.05, 3.63) is 111 Å². The third-order valence-electron chi connectivity index (χ3n) is 5.38. The molecule has 1 atom stereocenters. The lowest BCUT2D eigenvalue weighted by Gasteiger charge is -2.25. The number of aliphatic hydroxyl groups is 1. The number of rotatable bonds is 5. The summed E-state index contributed by atoms with van der Waals surface area (Å²) in [7, 11) is 0. The average molecular weight is 470 g/mol. The smallest absolute Gasteiger partial charge is 0.295 e. The van der Waals surface area contributed by atoms with Crippen LogP contribution in [0.3, 0.4) is 0 Å². The molecule has 1 fully saturated rings. The molecule has 0 saturated carbocycles. The maximum Gasteiger partial charge on any atom is 0.295 e. The number of Topliss-reactive ketones (excluding diaryl/α,β-unsaturated/α-hetero) is 1. The van der Waals surface area contributed by atoms with Crippen LogP contribution in [-0.2, 0) is 16.0 Å². The highest BCUT2D eigenvalue weighted by Crippen LogP contribution is 2.40. The number of likely N-dealkylation sites (tertiary alicyclic amines) is 1. The molecule has 3 aromatic carbocycles. The van der Waals surface area contributed by atoms with Crippen molar-refractivity contribution in [1.29, 1.82) is 0 Å². The zero-order valence-corrected chi connectivity index (χ0v) is 18.3. The highest BCUT2D eigenvalue weighted by molar-refractivity contribution is 6.46. The van der Waals surface area contributed by atoms with Crippen LogP contribution in [0, 0.1) is 5.82 Å². The molecular formula is C25H18Cl2FNO3. The van der Waals surface area contributed by atoms with Crippen molar-refractivity contribution in [1.82, 2.24) is 4.90 Å². The van der Waals surface area contributed by atoms with E-state index in [4.69, 9.17) is 23.2 Å². The summed E-state index contributed by atoms with van der Waals surface area (Å²) in [6.45, 7) is 0.204. The predicted octanol–water partition coefficient (Wildman–Crippen LogP) is 5.80. The van der Waals surface area contributed by atoms with Gasteiger partial charge in [-0.3, -0.25) is 9.59 Å². The van der Waals surface area contributed by atoms with Gasteiger partial charge in [0.1, 0.15) is 11.6 Å². The predicted molar refractivity (Wildman–Crippen MR) is 122 cm³/mol. The molecular weight excluding hydrogens is 452 g/mol. The number of amides is 1. The molecule has 3 aromatic rings. The number of halogens is 3. The lowest BCUT2D eigenvalue weighted by atomic mass is 9.95. The summed E-state index contributed by atoms with van der Waals surface area (Å²) in [5, 5.41) is 11.9. The van der Waals surface area contributed by atoms with E-state index in [1.54, 1.807) is 54.6 Å². The summed E-state index contributed by atoms with van der Waals surface area (Å²) < 4.78 is 13.2. The van der Waals surface area contributed by atoms with Crippen molar-refractivity contribution >= 4 is 40.7 Å². The van der Waals surface area contributed by atoms with E-state index in [0.717, 1.165) is 5.56 Å². The molecule has 0 radical (unpaired) electrons. The molecule has 1 aliphatic rings. The normalized spacial score (nSPS) is 17.7. The summed E-state index contributed by atoms with van der Waals surface area (Å²) >= 11 is 12.1. The Bertz CT molecular complexity index is 1210. The highest BCUT2D eigenvalue weighted by atomic mass is 35.5. The molecule has 0 spiro atoms. The first-order valence-electron chi connectivity index (χ1n) is 9.89. The van der Waals surface area contributed by atoms with E-state index in [9.17, 15) is 19.1 Å². The van der Waals surface area contributed by atoms with Gasteiger partial charge in [0, 0.05) is 22.2 Å². The largest absolute Gasteiger partial charge is 0.507 e. The first-order valence-corrected chi connectivity index (χ1v) is 10.6. The van der Waals surface area contributed by atoms with Crippen LogP contribution in [0.2, 0.25) is 10.0 Å². The van der Waals surface area contributed by atoms with Crippen LogP contribution < -0.4 is 0 Å². The molecule has 1 unspecified atom stereocenters. The lowest BCUT2D eigenvalue weighted by molar-refractivity contribution is -0.139. The van der Waals surface area contributed by atoms with E-state index in [-0.39, 0.29) is 23.7 Å². The Balaban J connectivity index is 1.77. The second-order valence-electron chi connectivity index (χ2n) is 7.43. The summed E-state index contributed by atoms with van der Waals surface area (Å²) in [6.07, 6.45) is 0.411. The van der Waals surface area contributed by atoms with Crippen LogP contribution in [0.5, 0.6) is 0 Å². The van der Waals surface area contributed by atoms with Gasteiger partial charge in [-0.25, -0.2) is 4.39 Å². The van der Waals surface area contributed by atoms with Gasteiger partial charge in [-0.2, -0.15) is 0 Å². The van der Waals surface area contributed by atoms with Gasteiger partial charge in [0.25, 0.3) is 11.7 Å². The van der Waals surface area contributed by atoms with E-state index in [0.29, 0.717) is 27.6 Å². The van der Waals surface area contributed by atoms with E-state index in [1.807, 2.05) is 0 Å². The molecule has 0 aliphatic carbocycles. The number of benzene rings is 3. The Morgan fingerprint density at radius 2 is 1.62 bits per heavy atom. The van der Waals surface area contributed by atoms with Gasteiger partial charge >= 0.3 is 0 Å². The van der Waals surface area contributed by atoms with Crippen LogP contribution in [-0.4, -0.2) is 28.2 Å². The second kappa shape index (κ2) is 9.15. The van der Waals surface area contributed by atoms with Crippen LogP contribution in [0.25, 0.3) is 5.76 Å². The molecule has 1 N–H and O–H groups in total. The third-order valence-corrected chi connectivity index (χ3v) is 5.87. The Morgan fingerprint density at radius 3 is 2.28 bits per heavy atom. The van der Waals surface area contributed by atoms with Gasteiger partial charge in [-0.15, -0.1) is 0 Å². The lowest BCUT2D eigenvalue weighted by Crippen LogP contribution is -2.31. The van der Waals surface area contributed by atoms with Gasteiger partial charge in [0.15, 0.2) is 0 Å². The molecule has 1 aliphatic heterocycles. The molecule has 7 heteroatoms. The number of nitrogens with zero attached hydrogens (tertiary/aromatic N) is 1. The SMILES string of the molecule is O=C1C(=O)N(CCc2ccc(F)cc2)C(c2ccc(Cl)cc2)/C1=C(/O)c1cccc(Cl)c1. The molecule has 4 nitrogen and oxygen atoms in total. The van der Waals surface area contributed by atoms with E-state index in [2.05, 4.69) is 0 Å². The average Bonchev–Trinajstić information content (AvgIpc) is 3.03. The Labute approximate surface area is 194 Å². The molecule has 0 bridgehead atoms. The third kappa shape index (κ3) is 4.40. The fraction of sp³-hybridized carbons (Fsp3) is 0.120. The molecule has 0 aromatic heterocycles. The fourth-order valence-corrected chi connectivity index (χ4v) is 4.11. The zero-order valence-electron chi connectivity index (χ0n) is 16.8. The number of hydrogen-bond acceptors (Lipinski definition) is 3. The summed E-state index contributed by atoms with van der Waals surface area (Å²) in [5.41, 5.74) is 1.78. The van der Waals surface area contributed by atoms with Crippen molar-refractivity contribution in [3.8, 4) is 0 Å². The Morgan fingerprint density at radius 1 is 0.938 bits per heavy atom. The number of carbonyl (C=O) groups is 2. The van der Waals surface area contributed by atoms with Crippen LogP contribution in [0.15, 0.2) is 78.4 Å². The van der Waals surface area contributed by atoms with E-state index in [1.165, 1.54) is 23.1 Å². The van der Waals surface area contributed by atoms with Gasteiger partial charge < -0.3 is 10.0 Å². The topological polar surface area (TPSA) is 57.6 Å². The first-order chi connectivity index (χ1) is 15.3. The highest BCUT2D eigenvalue weighted by Gasteiger charge is 2.45. The first kappa shape index (κ1) is 22.1. The molecule has 1 amide bonds. The second-order valence-corrected chi connectivity index (χ2v) is 8.30. The minimum Gasteiger partial charge on any atom is -0.507 e. The van der Waals surface area contributed by atoms with Crippen molar-refractivity contribution in [2.75, 3.05) is 6.54 Å². The van der Waals surface area contributed by atoms with Crippen molar-refractivity contribution in [2.45, 2.75) is 12.5 Å². The molecule has 4 rings (SSSR count). The number of hydrogen-bond donors (Lipinski definition) is 1. The van der Waals surface area contributed by atoms with Gasteiger partial charge in [-0.1, -0.05) is 59.6 Å². The summed E-state index contributed by atoms with van der Waals surface area (Å²) in [6, 6.07) is 18.4.